The van der Waals surface area contributed by atoms with Crippen LogP contribution in [0.4, 0.5) is 0 Å². The van der Waals surface area contributed by atoms with Crippen molar-refractivity contribution >= 4 is 11.8 Å². The molecule has 21 heavy (non-hydrogen) atoms. The van der Waals surface area contributed by atoms with Crippen molar-refractivity contribution in [2.75, 3.05) is 26.3 Å². The molecule has 1 unspecified atom stereocenters. The van der Waals surface area contributed by atoms with E-state index in [2.05, 4.69) is 5.32 Å². The van der Waals surface area contributed by atoms with Gasteiger partial charge in [0.25, 0.3) is 0 Å². The van der Waals surface area contributed by atoms with Gasteiger partial charge in [0, 0.05) is 13.1 Å². The molecule has 5 heteroatoms. The Morgan fingerprint density at radius 3 is 2.48 bits per heavy atom. The maximum atomic E-state index is 12.2. The highest BCUT2D eigenvalue weighted by molar-refractivity contribution is 5.88. The minimum absolute atomic E-state index is 0.0458. The minimum atomic E-state index is -0.499. The molecule has 1 fully saturated rings. The number of benzene rings is 1. The zero-order valence-electron chi connectivity index (χ0n) is 12.6. The van der Waals surface area contributed by atoms with Crippen LogP contribution in [0.3, 0.4) is 0 Å². The normalized spacial score (nSPS) is 16.4. The minimum Gasteiger partial charge on any atom is -0.378 e. The van der Waals surface area contributed by atoms with E-state index in [1.165, 1.54) is 0 Å². The first-order chi connectivity index (χ1) is 10.1. The first-order valence-corrected chi connectivity index (χ1v) is 7.27. The number of ether oxygens (including phenoxy) is 1. The topological polar surface area (TPSA) is 58.6 Å². The van der Waals surface area contributed by atoms with Gasteiger partial charge in [-0.15, -0.1) is 0 Å². The Kier molecular flexibility index (Phi) is 5.33. The molecular formula is C16H22N2O3. The van der Waals surface area contributed by atoms with Crippen LogP contribution in [0.25, 0.3) is 0 Å². The molecular weight excluding hydrogens is 268 g/mol. The summed E-state index contributed by atoms with van der Waals surface area (Å²) in [6.45, 7) is 6.05. The molecule has 1 aliphatic rings. The third kappa shape index (κ3) is 4.56. The first-order valence-electron chi connectivity index (χ1n) is 7.27. The average Bonchev–Trinajstić information content (AvgIpc) is 2.49. The fourth-order valence-electron chi connectivity index (χ4n) is 2.30. The molecule has 1 N–H and O–H groups in total. The van der Waals surface area contributed by atoms with Gasteiger partial charge < -0.3 is 15.0 Å². The third-order valence-corrected chi connectivity index (χ3v) is 3.56. The van der Waals surface area contributed by atoms with E-state index in [0.717, 1.165) is 11.1 Å². The Morgan fingerprint density at radius 1 is 1.24 bits per heavy atom. The Morgan fingerprint density at radius 2 is 1.86 bits per heavy atom. The van der Waals surface area contributed by atoms with Crippen LogP contribution in [-0.2, 0) is 20.7 Å². The second-order valence-electron chi connectivity index (χ2n) is 5.39. The van der Waals surface area contributed by atoms with Gasteiger partial charge in [-0.3, -0.25) is 9.59 Å². The summed E-state index contributed by atoms with van der Waals surface area (Å²) in [5.74, 6) is -0.177. The van der Waals surface area contributed by atoms with Gasteiger partial charge >= 0.3 is 0 Å². The molecule has 1 heterocycles. The molecule has 0 saturated carbocycles. The second-order valence-corrected chi connectivity index (χ2v) is 5.39. The molecule has 5 nitrogen and oxygen atoms in total. The van der Waals surface area contributed by atoms with Crippen LogP contribution >= 0.6 is 0 Å². The lowest BCUT2D eigenvalue weighted by Crippen LogP contribution is -2.50. The van der Waals surface area contributed by atoms with Crippen molar-refractivity contribution in [3.8, 4) is 0 Å². The van der Waals surface area contributed by atoms with Gasteiger partial charge in [0.05, 0.1) is 19.6 Å². The second kappa shape index (κ2) is 7.22. The largest absolute Gasteiger partial charge is 0.378 e. The van der Waals surface area contributed by atoms with Crippen molar-refractivity contribution in [3.05, 3.63) is 35.4 Å². The van der Waals surface area contributed by atoms with E-state index in [0.29, 0.717) is 32.7 Å². The SMILES string of the molecule is Cc1ccc(CC(=O)NC(C)C(=O)N2CCOCC2)cc1. The predicted octanol–water partition coefficient (Wildman–Crippen LogP) is 0.901. The fourth-order valence-corrected chi connectivity index (χ4v) is 2.30. The van der Waals surface area contributed by atoms with Gasteiger partial charge in [-0.2, -0.15) is 0 Å². The van der Waals surface area contributed by atoms with Gasteiger partial charge in [-0.05, 0) is 19.4 Å². The molecule has 1 atom stereocenters. The molecule has 0 spiro atoms. The summed E-state index contributed by atoms with van der Waals surface area (Å²) < 4.78 is 5.22. The Balaban J connectivity index is 1.83. The number of hydrogen-bond acceptors (Lipinski definition) is 3. The van der Waals surface area contributed by atoms with Crippen LogP contribution in [0.15, 0.2) is 24.3 Å². The summed E-state index contributed by atoms with van der Waals surface area (Å²) in [6, 6.07) is 7.32. The van der Waals surface area contributed by atoms with Crippen LogP contribution in [0.2, 0.25) is 0 Å². The summed E-state index contributed by atoms with van der Waals surface area (Å²) in [4.78, 5) is 25.9. The lowest BCUT2D eigenvalue weighted by Gasteiger charge is -2.29. The monoisotopic (exact) mass is 290 g/mol. The lowest BCUT2D eigenvalue weighted by atomic mass is 10.1. The van der Waals surface area contributed by atoms with E-state index >= 15 is 0 Å². The van der Waals surface area contributed by atoms with Gasteiger partial charge in [-0.1, -0.05) is 29.8 Å². The summed E-state index contributed by atoms with van der Waals surface area (Å²) in [5.41, 5.74) is 2.11. The summed E-state index contributed by atoms with van der Waals surface area (Å²) in [7, 11) is 0. The molecule has 2 rings (SSSR count). The van der Waals surface area contributed by atoms with Crippen molar-refractivity contribution in [1.82, 2.24) is 10.2 Å². The highest BCUT2D eigenvalue weighted by Gasteiger charge is 2.23. The van der Waals surface area contributed by atoms with E-state index < -0.39 is 6.04 Å². The van der Waals surface area contributed by atoms with Crippen molar-refractivity contribution in [2.45, 2.75) is 26.3 Å². The van der Waals surface area contributed by atoms with E-state index in [1.807, 2.05) is 31.2 Å². The van der Waals surface area contributed by atoms with E-state index in [4.69, 9.17) is 4.74 Å². The number of carbonyl (C=O) groups excluding carboxylic acids is 2. The van der Waals surface area contributed by atoms with Crippen LogP contribution in [-0.4, -0.2) is 49.1 Å². The van der Waals surface area contributed by atoms with Gasteiger partial charge in [-0.25, -0.2) is 0 Å². The number of nitrogens with one attached hydrogen (secondary N) is 1. The first kappa shape index (κ1) is 15.5. The Hall–Kier alpha value is -1.88. The predicted molar refractivity (Wildman–Crippen MR) is 79.9 cm³/mol. The maximum Gasteiger partial charge on any atom is 0.245 e. The van der Waals surface area contributed by atoms with Crippen molar-refractivity contribution in [1.29, 1.82) is 0 Å². The summed E-state index contributed by atoms with van der Waals surface area (Å²) in [6.07, 6.45) is 0.293. The molecule has 1 aromatic carbocycles. The molecule has 0 bridgehead atoms. The number of amides is 2. The number of nitrogens with zero attached hydrogens (tertiary/aromatic N) is 1. The van der Waals surface area contributed by atoms with E-state index in [9.17, 15) is 9.59 Å². The quantitative estimate of drug-likeness (QED) is 0.896. The average molecular weight is 290 g/mol. The Labute approximate surface area is 125 Å². The van der Waals surface area contributed by atoms with E-state index in [-0.39, 0.29) is 11.8 Å². The number of rotatable bonds is 4. The van der Waals surface area contributed by atoms with Gasteiger partial charge in [0.15, 0.2) is 0 Å². The number of aryl methyl sites for hydroxylation is 1. The molecule has 2 amide bonds. The molecule has 0 aromatic heterocycles. The van der Waals surface area contributed by atoms with Crippen LogP contribution in [0.5, 0.6) is 0 Å². The van der Waals surface area contributed by atoms with Gasteiger partial charge in [0.1, 0.15) is 6.04 Å². The van der Waals surface area contributed by atoms with Crippen molar-refractivity contribution in [3.63, 3.8) is 0 Å². The summed E-state index contributed by atoms with van der Waals surface area (Å²) >= 11 is 0. The maximum absolute atomic E-state index is 12.2. The zero-order chi connectivity index (χ0) is 15.2. The van der Waals surface area contributed by atoms with Crippen LogP contribution in [0, 0.1) is 6.92 Å². The van der Waals surface area contributed by atoms with Crippen molar-refractivity contribution < 1.29 is 14.3 Å². The molecule has 1 saturated heterocycles. The number of morpholine rings is 1. The molecule has 1 aliphatic heterocycles. The van der Waals surface area contributed by atoms with Crippen molar-refractivity contribution in [2.24, 2.45) is 0 Å². The molecule has 1 aromatic rings. The lowest BCUT2D eigenvalue weighted by molar-refractivity contribution is -0.139. The van der Waals surface area contributed by atoms with Crippen LogP contribution in [0.1, 0.15) is 18.1 Å². The smallest absolute Gasteiger partial charge is 0.245 e. The highest BCUT2D eigenvalue weighted by atomic mass is 16.5. The third-order valence-electron chi connectivity index (χ3n) is 3.56. The number of carbonyl (C=O) groups is 2. The zero-order valence-corrected chi connectivity index (χ0v) is 12.6. The molecule has 0 radical (unpaired) electrons. The van der Waals surface area contributed by atoms with E-state index in [1.54, 1.807) is 11.8 Å². The van der Waals surface area contributed by atoms with Gasteiger partial charge in [0.2, 0.25) is 11.8 Å². The summed E-state index contributed by atoms with van der Waals surface area (Å²) in [5, 5.41) is 2.77. The Bertz CT molecular complexity index is 493. The number of hydrogen-bond donors (Lipinski definition) is 1. The fraction of sp³-hybridized carbons (Fsp3) is 0.500. The van der Waals surface area contributed by atoms with Crippen LogP contribution < -0.4 is 5.32 Å². The standard InChI is InChI=1S/C16H22N2O3/c1-12-3-5-14(6-4-12)11-15(19)17-13(2)16(20)18-7-9-21-10-8-18/h3-6,13H,7-11H2,1-2H3,(H,17,19). The molecule has 114 valence electrons. The molecule has 0 aliphatic carbocycles. The highest BCUT2D eigenvalue weighted by Crippen LogP contribution is 2.05.